The Kier molecular flexibility index (Phi) is 7.83. The van der Waals surface area contributed by atoms with E-state index in [1.807, 2.05) is 0 Å². The number of benzene rings is 5. The van der Waals surface area contributed by atoms with E-state index in [9.17, 15) is 0 Å². The average molecular weight is 542 g/mol. The van der Waals surface area contributed by atoms with E-state index in [1.54, 1.807) is 0 Å². The van der Waals surface area contributed by atoms with E-state index >= 15 is 0 Å². The lowest BCUT2D eigenvalue weighted by molar-refractivity contribution is 1.09. The van der Waals surface area contributed by atoms with Gasteiger partial charge in [0.2, 0.25) is 0 Å². The van der Waals surface area contributed by atoms with Gasteiger partial charge in [-0.2, -0.15) is 0 Å². The largest absolute Gasteiger partial charge is 0.309 e. The van der Waals surface area contributed by atoms with Crippen molar-refractivity contribution in [3.63, 3.8) is 0 Å². The lowest BCUT2D eigenvalue weighted by atomic mass is 10.1. The van der Waals surface area contributed by atoms with Crippen molar-refractivity contribution in [2.75, 3.05) is 0 Å². The molecule has 1 aromatic heterocycles. The van der Waals surface area contributed by atoms with E-state index in [0.29, 0.717) is 0 Å². The molecule has 0 spiro atoms. The van der Waals surface area contributed by atoms with Crippen LogP contribution in [0.25, 0.3) is 52.5 Å². The van der Waals surface area contributed by atoms with Crippen molar-refractivity contribution in [2.24, 2.45) is 0 Å². The van der Waals surface area contributed by atoms with E-state index in [2.05, 4.69) is 183 Å². The van der Waals surface area contributed by atoms with Gasteiger partial charge in [0.05, 0.1) is 11.4 Å². The van der Waals surface area contributed by atoms with Crippen LogP contribution in [0.4, 0.5) is 0 Å². The molecule has 0 aliphatic carbocycles. The molecule has 0 unspecified atom stereocenters. The molecule has 1 heteroatoms. The van der Waals surface area contributed by atoms with Crippen LogP contribution in [0.15, 0.2) is 133 Å². The lowest BCUT2D eigenvalue weighted by Gasteiger charge is -2.15. The number of hydrogen-bond donors (Lipinski definition) is 0. The summed E-state index contributed by atoms with van der Waals surface area (Å²) < 4.78 is 2.37. The lowest BCUT2D eigenvalue weighted by Crippen LogP contribution is -1.99. The average Bonchev–Trinajstić information content (AvgIpc) is 3.47. The van der Waals surface area contributed by atoms with E-state index < -0.39 is 0 Å². The second kappa shape index (κ2) is 12.2. The maximum atomic E-state index is 2.37. The van der Waals surface area contributed by atoms with Gasteiger partial charge in [0.15, 0.2) is 0 Å². The summed E-state index contributed by atoms with van der Waals surface area (Å²) in [6, 6.07) is 48.1. The van der Waals surface area contributed by atoms with Gasteiger partial charge in [-0.25, -0.2) is 0 Å². The smallest absolute Gasteiger partial charge is 0.0535 e. The van der Waals surface area contributed by atoms with Crippen LogP contribution < -0.4 is 0 Å². The first-order valence-electron chi connectivity index (χ1n) is 14.5. The standard InChI is InChI=1S/C41H35N/c1-30-4-10-33(11-5-30)14-16-35-18-22-37(23-19-35)40-28-29-41(42(40)39-26-8-32(3)9-27-39)38-24-20-36(21-25-38)17-15-34-12-6-31(2)7-13-34/h4-29H,1-3H3. The van der Waals surface area contributed by atoms with Gasteiger partial charge in [0.1, 0.15) is 0 Å². The van der Waals surface area contributed by atoms with E-state index in [0.717, 1.165) is 5.69 Å². The second-order valence-electron chi connectivity index (χ2n) is 11.0. The fourth-order valence-corrected chi connectivity index (χ4v) is 5.13. The van der Waals surface area contributed by atoms with Gasteiger partial charge in [-0.3, -0.25) is 0 Å². The summed E-state index contributed by atoms with van der Waals surface area (Å²) >= 11 is 0. The molecule has 0 aliphatic heterocycles. The summed E-state index contributed by atoms with van der Waals surface area (Å²) in [5, 5.41) is 0. The summed E-state index contributed by atoms with van der Waals surface area (Å²) in [7, 11) is 0. The van der Waals surface area contributed by atoms with Crippen LogP contribution in [-0.2, 0) is 0 Å². The predicted molar refractivity (Wildman–Crippen MR) is 182 cm³/mol. The fourth-order valence-electron chi connectivity index (χ4n) is 5.13. The zero-order valence-corrected chi connectivity index (χ0v) is 24.5. The highest BCUT2D eigenvalue weighted by Gasteiger charge is 2.14. The van der Waals surface area contributed by atoms with Crippen molar-refractivity contribution in [3.05, 3.63) is 172 Å². The molecule has 0 saturated heterocycles. The van der Waals surface area contributed by atoms with Crippen LogP contribution in [0.5, 0.6) is 0 Å². The fraction of sp³-hybridized carbons (Fsp3) is 0.0732. The Labute approximate surface area is 249 Å². The van der Waals surface area contributed by atoms with E-state index in [1.165, 1.54) is 61.5 Å². The minimum absolute atomic E-state index is 1.15. The number of aryl methyl sites for hydroxylation is 3. The first-order chi connectivity index (χ1) is 20.5. The van der Waals surface area contributed by atoms with Gasteiger partial charge in [0, 0.05) is 5.69 Å². The van der Waals surface area contributed by atoms with Crippen LogP contribution in [-0.4, -0.2) is 4.57 Å². The van der Waals surface area contributed by atoms with E-state index in [-0.39, 0.29) is 0 Å². The molecule has 0 bridgehead atoms. The van der Waals surface area contributed by atoms with Crippen LogP contribution in [0.3, 0.4) is 0 Å². The monoisotopic (exact) mass is 541 g/mol. The molecule has 0 radical (unpaired) electrons. The Morgan fingerprint density at radius 3 is 0.952 bits per heavy atom. The highest BCUT2D eigenvalue weighted by molar-refractivity contribution is 5.77. The predicted octanol–water partition coefficient (Wildman–Crippen LogP) is 11.1. The zero-order chi connectivity index (χ0) is 28.9. The molecule has 204 valence electrons. The number of hydrogen-bond acceptors (Lipinski definition) is 0. The highest BCUT2D eigenvalue weighted by atomic mass is 15.0. The first-order valence-corrected chi connectivity index (χ1v) is 14.5. The Hall–Kier alpha value is -5.14. The Bertz CT molecular complexity index is 1710. The third-order valence-corrected chi connectivity index (χ3v) is 7.68. The minimum atomic E-state index is 1.15. The van der Waals surface area contributed by atoms with Crippen LogP contribution in [0, 0.1) is 20.8 Å². The van der Waals surface area contributed by atoms with Gasteiger partial charge in [-0.15, -0.1) is 0 Å². The molecule has 1 heterocycles. The quantitative estimate of drug-likeness (QED) is 0.177. The summed E-state index contributed by atoms with van der Waals surface area (Å²) in [5.41, 5.74) is 14.5. The molecule has 1 nitrogen and oxygen atoms in total. The Morgan fingerprint density at radius 1 is 0.333 bits per heavy atom. The van der Waals surface area contributed by atoms with E-state index in [4.69, 9.17) is 0 Å². The summed E-state index contributed by atoms with van der Waals surface area (Å²) in [6.45, 7) is 6.36. The topological polar surface area (TPSA) is 4.93 Å². The number of rotatable bonds is 7. The number of aromatic nitrogens is 1. The molecule has 6 rings (SSSR count). The molecule has 5 aromatic carbocycles. The maximum absolute atomic E-state index is 2.37. The van der Waals surface area contributed by atoms with Crippen molar-refractivity contribution >= 4 is 24.3 Å². The summed E-state index contributed by atoms with van der Waals surface area (Å²) in [4.78, 5) is 0. The van der Waals surface area contributed by atoms with Gasteiger partial charge < -0.3 is 4.57 Å². The third kappa shape index (κ3) is 6.27. The second-order valence-corrected chi connectivity index (χ2v) is 11.0. The van der Waals surface area contributed by atoms with Crippen molar-refractivity contribution in [1.29, 1.82) is 0 Å². The normalized spacial score (nSPS) is 11.5. The molecule has 42 heavy (non-hydrogen) atoms. The van der Waals surface area contributed by atoms with Crippen molar-refractivity contribution in [2.45, 2.75) is 20.8 Å². The molecule has 0 amide bonds. The molecule has 0 atom stereocenters. The summed E-state index contributed by atoms with van der Waals surface area (Å²) in [6.07, 6.45) is 8.68. The van der Waals surface area contributed by atoms with Crippen molar-refractivity contribution in [3.8, 4) is 28.2 Å². The van der Waals surface area contributed by atoms with Crippen LogP contribution in [0.1, 0.15) is 38.9 Å². The maximum Gasteiger partial charge on any atom is 0.0535 e. The molecular weight excluding hydrogens is 506 g/mol. The molecule has 0 fully saturated rings. The Morgan fingerprint density at radius 2 is 0.619 bits per heavy atom. The Balaban J connectivity index is 1.30. The third-order valence-electron chi connectivity index (χ3n) is 7.68. The van der Waals surface area contributed by atoms with Crippen molar-refractivity contribution < 1.29 is 0 Å². The van der Waals surface area contributed by atoms with Crippen LogP contribution >= 0.6 is 0 Å². The number of nitrogens with zero attached hydrogens (tertiary/aromatic N) is 1. The summed E-state index contributed by atoms with van der Waals surface area (Å²) in [5.74, 6) is 0. The zero-order valence-electron chi connectivity index (χ0n) is 24.5. The molecule has 0 N–H and O–H groups in total. The van der Waals surface area contributed by atoms with Crippen molar-refractivity contribution in [1.82, 2.24) is 4.57 Å². The first kappa shape index (κ1) is 27.1. The molecule has 0 saturated carbocycles. The minimum Gasteiger partial charge on any atom is -0.309 e. The van der Waals surface area contributed by atoms with Gasteiger partial charge in [-0.05, 0) is 78.4 Å². The van der Waals surface area contributed by atoms with Gasteiger partial charge in [0.25, 0.3) is 0 Å². The SMILES string of the molecule is Cc1ccc(C=Cc2ccc(-c3ccc(-c4ccc(C=Cc5ccc(C)cc5)cc4)n3-c3ccc(C)cc3)cc2)cc1. The molecule has 6 aromatic rings. The van der Waals surface area contributed by atoms with Crippen LogP contribution in [0.2, 0.25) is 0 Å². The molecular formula is C41H35N. The van der Waals surface area contributed by atoms with Gasteiger partial charge in [-0.1, -0.05) is 150 Å². The molecule has 0 aliphatic rings. The van der Waals surface area contributed by atoms with Gasteiger partial charge >= 0.3 is 0 Å². The highest BCUT2D eigenvalue weighted by Crippen LogP contribution is 2.33.